The average molecular weight is 562 g/mol. The molecule has 3 aromatic carbocycles. The minimum atomic E-state index is -6.06. The predicted octanol–water partition coefficient (Wildman–Crippen LogP) is 5.14. The number of phenolic OH excluding ortho intramolecular Hbond substituents is 1. The van der Waals surface area contributed by atoms with E-state index in [4.69, 9.17) is 0 Å². The fourth-order valence-corrected chi connectivity index (χ4v) is 5.02. The van der Waals surface area contributed by atoms with Crippen LogP contribution in [0, 0.1) is 6.92 Å². The summed E-state index contributed by atoms with van der Waals surface area (Å²) in [5, 5.41) is 9.98. The van der Waals surface area contributed by atoms with Gasteiger partial charge in [-0.2, -0.15) is 26.3 Å². The molecular formula is C27H16F6N2O5. The monoisotopic (exact) mass is 562 g/mol. The second-order valence-corrected chi connectivity index (χ2v) is 9.35. The molecule has 2 aliphatic heterocycles. The standard InChI is InChI=1S/C27H16F6N2O5/c1-12-3-6-15(11-20(12)36)35-23(39)17-8-5-14(10-19(17)24(35)40)25(26(28,29)30,27(31,32)33)13-4-7-16-18(9-13)22(38)34(2)21(16)37/h3-11,36H,1-2H3. The Balaban J connectivity index is 1.73. The number of aromatic hydroxyl groups is 1. The van der Waals surface area contributed by atoms with Crippen LogP contribution in [0.25, 0.3) is 0 Å². The molecule has 0 atom stereocenters. The molecule has 0 aromatic heterocycles. The van der Waals surface area contributed by atoms with Gasteiger partial charge < -0.3 is 5.11 Å². The Morgan fingerprint density at radius 2 is 1.07 bits per heavy atom. The number of hydrogen-bond donors (Lipinski definition) is 1. The van der Waals surface area contributed by atoms with Gasteiger partial charge in [0.15, 0.2) is 0 Å². The Hall–Kier alpha value is -4.68. The van der Waals surface area contributed by atoms with E-state index in [1.165, 1.54) is 19.1 Å². The molecule has 0 bridgehead atoms. The fourth-order valence-electron chi connectivity index (χ4n) is 5.02. The lowest BCUT2D eigenvalue weighted by atomic mass is 9.71. The molecule has 0 spiro atoms. The number of amides is 4. The van der Waals surface area contributed by atoms with Gasteiger partial charge in [-0.15, -0.1) is 0 Å². The van der Waals surface area contributed by atoms with Gasteiger partial charge in [0.2, 0.25) is 5.41 Å². The van der Waals surface area contributed by atoms with Crippen molar-refractivity contribution in [1.82, 2.24) is 4.90 Å². The highest BCUT2D eigenvalue weighted by molar-refractivity contribution is 6.34. The first-order valence-corrected chi connectivity index (χ1v) is 11.5. The van der Waals surface area contributed by atoms with Gasteiger partial charge in [-0.3, -0.25) is 24.1 Å². The number of carbonyl (C=O) groups excluding carboxylic acids is 4. The third-order valence-electron chi connectivity index (χ3n) is 7.14. The first kappa shape index (κ1) is 26.9. The number of benzene rings is 3. The Bertz CT molecular complexity index is 1650. The smallest absolute Gasteiger partial charge is 0.411 e. The molecule has 40 heavy (non-hydrogen) atoms. The van der Waals surface area contributed by atoms with Gasteiger partial charge in [0.25, 0.3) is 23.6 Å². The second-order valence-electron chi connectivity index (χ2n) is 9.35. The summed E-state index contributed by atoms with van der Waals surface area (Å²) >= 11 is 0. The van der Waals surface area contributed by atoms with Crippen molar-refractivity contribution in [2.24, 2.45) is 0 Å². The molecule has 2 aliphatic rings. The van der Waals surface area contributed by atoms with Crippen LogP contribution in [0.1, 0.15) is 58.1 Å². The lowest BCUT2D eigenvalue weighted by molar-refractivity contribution is -0.288. The van der Waals surface area contributed by atoms with Gasteiger partial charge in [0.05, 0.1) is 27.9 Å². The van der Waals surface area contributed by atoms with Crippen LogP contribution in [-0.2, 0) is 5.41 Å². The number of imide groups is 2. The number of fused-ring (bicyclic) bond motifs is 2. The van der Waals surface area contributed by atoms with E-state index >= 15 is 0 Å². The van der Waals surface area contributed by atoms with Gasteiger partial charge in [0, 0.05) is 13.1 Å². The summed E-state index contributed by atoms with van der Waals surface area (Å²) < 4.78 is 88.3. The summed E-state index contributed by atoms with van der Waals surface area (Å²) in [4.78, 5) is 51.8. The van der Waals surface area contributed by atoms with E-state index in [-0.39, 0.29) is 17.0 Å². The van der Waals surface area contributed by atoms with E-state index in [1.807, 2.05) is 0 Å². The summed E-state index contributed by atoms with van der Waals surface area (Å²) in [5.74, 6) is -4.46. The van der Waals surface area contributed by atoms with Crippen molar-refractivity contribution in [3.05, 3.63) is 93.5 Å². The summed E-state index contributed by atoms with van der Waals surface area (Å²) in [5.41, 5.74) is -9.47. The summed E-state index contributed by atoms with van der Waals surface area (Å²) in [6.07, 6.45) is -12.1. The van der Waals surface area contributed by atoms with Crippen LogP contribution in [0.5, 0.6) is 5.75 Å². The maximum Gasteiger partial charge on any atom is 0.411 e. The molecule has 206 valence electrons. The lowest BCUT2D eigenvalue weighted by Crippen LogP contribution is -2.55. The quantitative estimate of drug-likeness (QED) is 0.353. The summed E-state index contributed by atoms with van der Waals surface area (Å²) in [7, 11) is 1.04. The van der Waals surface area contributed by atoms with Gasteiger partial charge in [-0.05, 0) is 53.9 Å². The number of anilines is 1. The zero-order valence-electron chi connectivity index (χ0n) is 20.4. The zero-order valence-corrected chi connectivity index (χ0v) is 20.4. The van der Waals surface area contributed by atoms with Gasteiger partial charge >= 0.3 is 12.4 Å². The van der Waals surface area contributed by atoms with Crippen molar-refractivity contribution in [3.63, 3.8) is 0 Å². The first-order valence-electron chi connectivity index (χ1n) is 11.5. The molecule has 7 nitrogen and oxygen atoms in total. The topological polar surface area (TPSA) is 95.0 Å². The third kappa shape index (κ3) is 3.46. The minimum Gasteiger partial charge on any atom is -0.508 e. The van der Waals surface area contributed by atoms with E-state index < -0.39 is 69.2 Å². The zero-order chi connectivity index (χ0) is 29.5. The van der Waals surface area contributed by atoms with Crippen molar-refractivity contribution in [2.75, 3.05) is 11.9 Å². The van der Waals surface area contributed by atoms with E-state index in [9.17, 15) is 50.6 Å². The number of hydrogen-bond acceptors (Lipinski definition) is 5. The predicted molar refractivity (Wildman–Crippen MR) is 126 cm³/mol. The van der Waals surface area contributed by atoms with E-state index in [0.29, 0.717) is 51.8 Å². The SMILES string of the molecule is Cc1ccc(N2C(=O)c3ccc(C(c4ccc5c(c4)C(=O)N(C)C5=O)(C(F)(F)F)C(F)(F)F)cc3C2=O)cc1O. The van der Waals surface area contributed by atoms with Gasteiger partial charge in [-0.1, -0.05) is 18.2 Å². The highest BCUT2D eigenvalue weighted by Crippen LogP contribution is 2.57. The van der Waals surface area contributed by atoms with Crippen LogP contribution in [-0.4, -0.2) is 53.0 Å². The van der Waals surface area contributed by atoms with Crippen LogP contribution in [0.2, 0.25) is 0 Å². The Morgan fingerprint density at radius 3 is 1.57 bits per heavy atom. The molecule has 4 amide bonds. The number of phenols is 1. The number of carbonyl (C=O) groups is 4. The maximum atomic E-state index is 14.7. The Kier molecular flexibility index (Phi) is 5.66. The minimum absolute atomic E-state index is 0.139. The number of halogens is 6. The van der Waals surface area contributed by atoms with E-state index in [1.54, 1.807) is 0 Å². The lowest BCUT2D eigenvalue weighted by Gasteiger charge is -2.38. The largest absolute Gasteiger partial charge is 0.508 e. The van der Waals surface area contributed by atoms with Crippen molar-refractivity contribution in [3.8, 4) is 5.75 Å². The molecular weight excluding hydrogens is 546 g/mol. The Morgan fingerprint density at radius 1 is 0.625 bits per heavy atom. The molecule has 13 heteroatoms. The normalized spacial score (nSPS) is 15.7. The molecule has 0 saturated heterocycles. The highest BCUT2D eigenvalue weighted by atomic mass is 19.4. The van der Waals surface area contributed by atoms with Gasteiger partial charge in [0.1, 0.15) is 5.75 Å². The van der Waals surface area contributed by atoms with Crippen molar-refractivity contribution in [2.45, 2.75) is 24.7 Å². The molecule has 1 N–H and O–H groups in total. The number of nitrogens with zero attached hydrogens (tertiary/aromatic N) is 2. The first-order chi connectivity index (χ1) is 18.5. The number of rotatable bonds is 3. The average Bonchev–Trinajstić information content (AvgIpc) is 3.24. The van der Waals surface area contributed by atoms with E-state index in [0.717, 1.165) is 13.1 Å². The second kappa shape index (κ2) is 8.41. The van der Waals surface area contributed by atoms with Crippen LogP contribution in [0.4, 0.5) is 32.0 Å². The van der Waals surface area contributed by atoms with Crippen molar-refractivity contribution in [1.29, 1.82) is 0 Å². The molecule has 0 fully saturated rings. The molecule has 3 aromatic rings. The van der Waals surface area contributed by atoms with Crippen LogP contribution >= 0.6 is 0 Å². The van der Waals surface area contributed by atoms with Crippen LogP contribution in [0.3, 0.4) is 0 Å². The summed E-state index contributed by atoms with van der Waals surface area (Å²) in [6.45, 7) is 1.53. The van der Waals surface area contributed by atoms with E-state index in [2.05, 4.69) is 0 Å². The Labute approximate surface area is 221 Å². The molecule has 0 unspecified atom stereocenters. The molecule has 0 saturated carbocycles. The van der Waals surface area contributed by atoms with Crippen LogP contribution < -0.4 is 4.90 Å². The highest BCUT2D eigenvalue weighted by Gasteiger charge is 2.73. The van der Waals surface area contributed by atoms with Gasteiger partial charge in [-0.25, -0.2) is 4.90 Å². The number of alkyl halides is 6. The van der Waals surface area contributed by atoms with Crippen molar-refractivity contribution < 1.29 is 50.6 Å². The molecule has 5 rings (SSSR count). The summed E-state index contributed by atoms with van der Waals surface area (Å²) in [6, 6.07) is 6.78. The van der Waals surface area contributed by atoms with Crippen LogP contribution in [0.15, 0.2) is 54.6 Å². The fraction of sp³-hybridized carbons (Fsp3) is 0.185. The molecule has 2 heterocycles. The molecule has 0 radical (unpaired) electrons. The maximum absolute atomic E-state index is 14.7. The number of aryl methyl sites for hydroxylation is 1. The third-order valence-corrected chi connectivity index (χ3v) is 7.14. The van der Waals surface area contributed by atoms with Crippen molar-refractivity contribution >= 4 is 29.3 Å². The molecule has 0 aliphatic carbocycles.